The van der Waals surface area contributed by atoms with Gasteiger partial charge in [-0.25, -0.2) is 0 Å². The van der Waals surface area contributed by atoms with Crippen molar-refractivity contribution in [3.8, 4) is 0 Å². The van der Waals surface area contributed by atoms with Gasteiger partial charge in [0.15, 0.2) is 0 Å². The highest BCUT2D eigenvalue weighted by molar-refractivity contribution is 5.34. The molecule has 0 amide bonds. The molecule has 0 aromatic heterocycles. The van der Waals surface area contributed by atoms with Crippen molar-refractivity contribution in [1.82, 2.24) is 4.90 Å². The Hall–Kier alpha value is -1.34. The molecule has 1 nitrogen and oxygen atoms in total. The van der Waals surface area contributed by atoms with Gasteiger partial charge in [0.25, 0.3) is 0 Å². The van der Waals surface area contributed by atoms with Crippen LogP contribution in [0.1, 0.15) is 93.1 Å². The molecule has 2 rings (SSSR count). The highest BCUT2D eigenvalue weighted by Crippen LogP contribution is 2.63. The molecule has 1 aliphatic rings. The zero-order valence-corrected chi connectivity index (χ0v) is 20.4. The molecule has 0 radical (unpaired) electrons. The average Bonchev–Trinajstić information content (AvgIpc) is 2.75. The Morgan fingerprint density at radius 3 is 1.90 bits per heavy atom. The molecule has 29 heavy (non-hydrogen) atoms. The van der Waals surface area contributed by atoms with E-state index in [0.717, 1.165) is 32.1 Å². The third kappa shape index (κ3) is 3.44. The molecule has 162 valence electrons. The molecule has 1 heteroatoms. The van der Waals surface area contributed by atoms with Crippen LogP contribution in [0, 0.1) is 10.8 Å². The summed E-state index contributed by atoms with van der Waals surface area (Å²) < 4.78 is 0. The molecule has 0 saturated heterocycles. The van der Waals surface area contributed by atoms with E-state index in [9.17, 15) is 0 Å². The lowest BCUT2D eigenvalue weighted by Crippen LogP contribution is -2.71. The van der Waals surface area contributed by atoms with Crippen molar-refractivity contribution in [3.63, 3.8) is 0 Å². The normalized spacial score (nSPS) is 24.0. The lowest BCUT2D eigenvalue weighted by Gasteiger charge is -2.68. The first-order chi connectivity index (χ1) is 13.7. The molecule has 0 N–H and O–H groups in total. The van der Waals surface area contributed by atoms with Gasteiger partial charge in [0.2, 0.25) is 0 Å². The smallest absolute Gasteiger partial charge is 0.0464 e. The summed E-state index contributed by atoms with van der Waals surface area (Å²) in [4.78, 5) is 2.95. The first-order valence-electron chi connectivity index (χ1n) is 11.8. The van der Waals surface area contributed by atoms with E-state index in [1.54, 1.807) is 0 Å². The third-order valence-corrected chi connectivity index (χ3v) is 8.64. The molecule has 0 bridgehead atoms. The molecule has 1 aromatic carbocycles. The summed E-state index contributed by atoms with van der Waals surface area (Å²) in [5, 5.41) is 0. The molecule has 0 spiro atoms. The fourth-order valence-electron chi connectivity index (χ4n) is 6.23. The second-order valence-electron chi connectivity index (χ2n) is 9.87. The van der Waals surface area contributed by atoms with Crippen molar-refractivity contribution in [2.75, 3.05) is 0 Å². The Balaban J connectivity index is 2.86. The fraction of sp³-hybridized carbons (Fsp3) is 0.643. The summed E-state index contributed by atoms with van der Waals surface area (Å²) >= 11 is 0. The Bertz CT molecular complexity index is 696. The summed E-state index contributed by atoms with van der Waals surface area (Å²) in [5.74, 6) is 0. The Morgan fingerprint density at radius 1 is 0.966 bits per heavy atom. The molecule has 3 atom stereocenters. The van der Waals surface area contributed by atoms with Crippen LogP contribution in [0.4, 0.5) is 0 Å². The lowest BCUT2D eigenvalue weighted by atomic mass is 9.47. The monoisotopic (exact) mass is 395 g/mol. The highest BCUT2D eigenvalue weighted by atomic mass is 15.3. The molecule has 0 heterocycles. The van der Waals surface area contributed by atoms with Gasteiger partial charge < -0.3 is 0 Å². The molecule has 1 aromatic rings. The van der Waals surface area contributed by atoms with Crippen molar-refractivity contribution in [3.05, 3.63) is 60.7 Å². The summed E-state index contributed by atoms with van der Waals surface area (Å²) in [6, 6.07) is 11.7. The van der Waals surface area contributed by atoms with Crippen molar-refractivity contribution >= 4 is 0 Å². The van der Waals surface area contributed by atoms with Crippen molar-refractivity contribution < 1.29 is 0 Å². The van der Waals surface area contributed by atoms with Crippen molar-refractivity contribution in [2.45, 2.75) is 105 Å². The van der Waals surface area contributed by atoms with E-state index in [1.165, 1.54) is 5.56 Å². The van der Waals surface area contributed by atoms with Gasteiger partial charge in [-0.2, -0.15) is 0 Å². The maximum Gasteiger partial charge on any atom is 0.0464 e. The Kier molecular flexibility index (Phi) is 7.26. The van der Waals surface area contributed by atoms with Gasteiger partial charge in [-0.15, -0.1) is 6.58 Å². The summed E-state index contributed by atoms with van der Waals surface area (Å²) in [5.41, 5.74) is 1.75. The van der Waals surface area contributed by atoms with E-state index < -0.39 is 0 Å². The number of nitrogens with zero attached hydrogens (tertiary/aromatic N) is 1. The standard InChI is InChI=1S/C28H45N/c1-10-20-28(14-5,26(9)22-21-25(26,7)8)29(23(6)11-2)27(12-3,13-4)24-18-16-15-17-19-24/h10,15-19,21-23H,1,11-14,20H2,2-9H3/t23?,26-,28+/m0/s1. The van der Waals surface area contributed by atoms with Crippen LogP contribution in [0.15, 0.2) is 55.1 Å². The van der Waals surface area contributed by atoms with Crippen LogP contribution in [-0.4, -0.2) is 16.5 Å². The predicted molar refractivity (Wildman–Crippen MR) is 129 cm³/mol. The number of hydrogen-bond donors (Lipinski definition) is 0. The first kappa shape index (κ1) is 23.9. The number of benzene rings is 1. The van der Waals surface area contributed by atoms with Gasteiger partial charge in [0.05, 0.1) is 0 Å². The van der Waals surface area contributed by atoms with Crippen LogP contribution >= 0.6 is 0 Å². The van der Waals surface area contributed by atoms with Crippen molar-refractivity contribution in [1.29, 1.82) is 0 Å². The van der Waals surface area contributed by atoms with Gasteiger partial charge >= 0.3 is 0 Å². The fourth-order valence-corrected chi connectivity index (χ4v) is 6.23. The van der Waals surface area contributed by atoms with Crippen LogP contribution < -0.4 is 0 Å². The van der Waals surface area contributed by atoms with E-state index in [2.05, 4.69) is 115 Å². The second-order valence-corrected chi connectivity index (χ2v) is 9.87. The lowest BCUT2D eigenvalue weighted by molar-refractivity contribution is -0.145. The quantitative estimate of drug-likeness (QED) is 0.342. The molecule has 0 saturated carbocycles. The molecule has 1 unspecified atom stereocenters. The zero-order valence-electron chi connectivity index (χ0n) is 20.4. The van der Waals surface area contributed by atoms with E-state index in [1.807, 2.05) is 0 Å². The predicted octanol–water partition coefficient (Wildman–Crippen LogP) is 8.13. The topological polar surface area (TPSA) is 3.24 Å². The van der Waals surface area contributed by atoms with E-state index >= 15 is 0 Å². The van der Waals surface area contributed by atoms with E-state index in [0.29, 0.717) is 6.04 Å². The summed E-state index contributed by atoms with van der Waals surface area (Å²) in [6.07, 6.45) is 12.6. The molecule has 1 aliphatic carbocycles. The van der Waals surface area contributed by atoms with Crippen molar-refractivity contribution in [2.24, 2.45) is 10.8 Å². The summed E-state index contributed by atoms with van der Waals surface area (Å²) in [7, 11) is 0. The van der Waals surface area contributed by atoms with Gasteiger partial charge in [-0.3, -0.25) is 4.90 Å². The molecule has 0 fully saturated rings. The van der Waals surface area contributed by atoms with Gasteiger partial charge in [0.1, 0.15) is 0 Å². The number of allylic oxidation sites excluding steroid dienone is 1. The molecular formula is C28H45N. The highest BCUT2D eigenvalue weighted by Gasteiger charge is 2.62. The minimum absolute atomic E-state index is 0.0121. The molecular weight excluding hydrogens is 350 g/mol. The third-order valence-electron chi connectivity index (χ3n) is 8.64. The minimum atomic E-state index is 0.0121. The Labute approximate surface area is 181 Å². The van der Waals surface area contributed by atoms with Crippen LogP contribution in [-0.2, 0) is 5.54 Å². The molecule has 0 aliphatic heterocycles. The minimum Gasteiger partial charge on any atom is -0.284 e. The van der Waals surface area contributed by atoms with Crippen LogP contribution in [0.2, 0.25) is 0 Å². The van der Waals surface area contributed by atoms with E-state index in [-0.39, 0.29) is 21.9 Å². The van der Waals surface area contributed by atoms with E-state index in [4.69, 9.17) is 0 Å². The van der Waals surface area contributed by atoms with Gasteiger partial charge in [0, 0.05) is 22.5 Å². The average molecular weight is 396 g/mol. The second kappa shape index (κ2) is 8.80. The zero-order chi connectivity index (χ0) is 21.9. The van der Waals surface area contributed by atoms with Crippen LogP contribution in [0.25, 0.3) is 0 Å². The van der Waals surface area contributed by atoms with Crippen LogP contribution in [0.3, 0.4) is 0 Å². The number of hydrogen-bond acceptors (Lipinski definition) is 1. The largest absolute Gasteiger partial charge is 0.284 e. The first-order valence-corrected chi connectivity index (χ1v) is 11.8. The maximum absolute atomic E-state index is 4.24. The van der Waals surface area contributed by atoms with Gasteiger partial charge in [-0.1, -0.05) is 97.0 Å². The summed E-state index contributed by atoms with van der Waals surface area (Å²) in [6.45, 7) is 23.5. The van der Waals surface area contributed by atoms with Crippen LogP contribution in [0.5, 0.6) is 0 Å². The Morgan fingerprint density at radius 2 is 1.55 bits per heavy atom. The number of rotatable bonds is 11. The van der Waals surface area contributed by atoms with Gasteiger partial charge in [-0.05, 0) is 50.0 Å². The SMILES string of the molecule is C=CC[C@@](CC)(N(C(C)CC)C(CC)(CC)c1ccccc1)[C@@]1(C)C=CC1(C)C. The maximum atomic E-state index is 4.24.